The second kappa shape index (κ2) is 9.13. The third-order valence-electron chi connectivity index (χ3n) is 5.52. The molecule has 2 heterocycles. The van der Waals surface area contributed by atoms with Crippen molar-refractivity contribution < 1.29 is 0 Å². The van der Waals surface area contributed by atoms with Crippen LogP contribution in [0.15, 0.2) is 60.7 Å². The van der Waals surface area contributed by atoms with E-state index in [1.807, 2.05) is 16.9 Å². The molecule has 146 valence electrons. The van der Waals surface area contributed by atoms with E-state index in [1.54, 1.807) is 0 Å². The molecule has 0 bridgehead atoms. The molecule has 0 spiro atoms. The summed E-state index contributed by atoms with van der Waals surface area (Å²) in [5.41, 5.74) is 4.32. The van der Waals surface area contributed by atoms with E-state index in [2.05, 4.69) is 65.7 Å². The second-order valence-corrected chi connectivity index (χ2v) is 7.43. The normalized spacial score (nSPS) is 17.2. The fourth-order valence-corrected chi connectivity index (χ4v) is 4.04. The molecule has 0 radical (unpaired) electrons. The van der Waals surface area contributed by atoms with Gasteiger partial charge in [-0.15, -0.1) is 0 Å². The highest BCUT2D eigenvalue weighted by molar-refractivity contribution is 5.60. The molecule has 1 N–H and O–H groups in total. The summed E-state index contributed by atoms with van der Waals surface area (Å²) >= 11 is 0. The number of aromatic nitrogens is 3. The first-order chi connectivity index (χ1) is 13.8. The average molecular weight is 376 g/mol. The molecular weight excluding hydrogens is 346 g/mol. The van der Waals surface area contributed by atoms with Crippen molar-refractivity contribution in [3.63, 3.8) is 0 Å². The van der Waals surface area contributed by atoms with Crippen LogP contribution in [0.5, 0.6) is 0 Å². The zero-order valence-electron chi connectivity index (χ0n) is 16.6. The number of likely N-dealkylation sites (N-methyl/N-ethyl adjacent to an activating group) is 1. The number of hydrogen-bond donors (Lipinski definition) is 1. The van der Waals surface area contributed by atoms with E-state index in [1.165, 1.54) is 24.9 Å². The molecule has 1 fully saturated rings. The van der Waals surface area contributed by atoms with Crippen molar-refractivity contribution in [2.75, 3.05) is 19.6 Å². The minimum Gasteiger partial charge on any atom is -0.309 e. The monoisotopic (exact) mass is 375 g/mol. The Morgan fingerprint density at radius 3 is 2.50 bits per heavy atom. The van der Waals surface area contributed by atoms with Crippen LogP contribution in [0.3, 0.4) is 0 Å². The lowest BCUT2D eigenvalue weighted by atomic mass is 10.1. The highest BCUT2D eigenvalue weighted by Crippen LogP contribution is 2.21. The smallest absolute Gasteiger partial charge is 0.117 e. The van der Waals surface area contributed by atoms with Crippen LogP contribution in [0.1, 0.15) is 31.0 Å². The lowest BCUT2D eigenvalue weighted by molar-refractivity contribution is 0.259. The summed E-state index contributed by atoms with van der Waals surface area (Å²) in [4.78, 5) is 4.39. The number of benzene rings is 2. The predicted molar refractivity (Wildman–Crippen MR) is 113 cm³/mol. The van der Waals surface area contributed by atoms with Gasteiger partial charge in [0.15, 0.2) is 0 Å². The van der Waals surface area contributed by atoms with Crippen molar-refractivity contribution in [3.8, 4) is 11.3 Å². The maximum Gasteiger partial charge on any atom is 0.117 e. The van der Waals surface area contributed by atoms with Crippen LogP contribution < -0.4 is 5.32 Å². The van der Waals surface area contributed by atoms with Gasteiger partial charge in [0.25, 0.3) is 0 Å². The van der Waals surface area contributed by atoms with Crippen LogP contribution in [0.25, 0.3) is 11.3 Å². The maximum absolute atomic E-state index is 4.81. The summed E-state index contributed by atoms with van der Waals surface area (Å²) in [7, 11) is 0. The van der Waals surface area contributed by atoms with Crippen LogP contribution in [0.4, 0.5) is 0 Å². The molecule has 4 rings (SSSR count). The molecule has 5 nitrogen and oxygen atoms in total. The van der Waals surface area contributed by atoms with Gasteiger partial charge in [0, 0.05) is 24.7 Å². The highest BCUT2D eigenvalue weighted by Gasteiger charge is 2.22. The van der Waals surface area contributed by atoms with Gasteiger partial charge < -0.3 is 5.32 Å². The number of nitrogens with zero attached hydrogens (tertiary/aromatic N) is 4. The van der Waals surface area contributed by atoms with Crippen LogP contribution in [-0.4, -0.2) is 45.6 Å². The Kier molecular flexibility index (Phi) is 6.14. The summed E-state index contributed by atoms with van der Waals surface area (Å²) in [6, 6.07) is 21.4. The number of hydrogen-bond acceptors (Lipinski definition) is 4. The number of likely N-dealkylation sites (tertiary alicyclic amines) is 1. The van der Waals surface area contributed by atoms with Gasteiger partial charge in [-0.1, -0.05) is 67.6 Å². The quantitative estimate of drug-likeness (QED) is 0.654. The summed E-state index contributed by atoms with van der Waals surface area (Å²) in [6.45, 7) is 7.05. The van der Waals surface area contributed by atoms with E-state index in [-0.39, 0.29) is 0 Å². The molecule has 0 aliphatic carbocycles. The van der Waals surface area contributed by atoms with Gasteiger partial charge in [-0.25, -0.2) is 0 Å². The van der Waals surface area contributed by atoms with Crippen molar-refractivity contribution in [2.24, 2.45) is 0 Å². The lowest BCUT2D eigenvalue weighted by Gasteiger charge is -2.22. The van der Waals surface area contributed by atoms with E-state index in [0.29, 0.717) is 12.6 Å². The van der Waals surface area contributed by atoms with Crippen molar-refractivity contribution in [2.45, 2.75) is 38.9 Å². The fourth-order valence-electron chi connectivity index (χ4n) is 4.04. The SMILES string of the molecule is CCN1CCC[C@H]1CNCc1nn(Cc2ccccc2)nc1-c1ccccc1. The van der Waals surface area contributed by atoms with Crippen molar-refractivity contribution in [1.29, 1.82) is 0 Å². The second-order valence-electron chi connectivity index (χ2n) is 7.43. The van der Waals surface area contributed by atoms with E-state index in [9.17, 15) is 0 Å². The molecule has 0 saturated carbocycles. The first-order valence-corrected chi connectivity index (χ1v) is 10.3. The standard InChI is InChI=1S/C23H29N5/c1-2-27-15-9-14-21(27)16-24-17-22-23(20-12-7-4-8-13-20)26-28(25-22)18-19-10-5-3-6-11-19/h3-8,10-13,21,24H,2,9,14-18H2,1H3/t21-/m0/s1. The zero-order valence-corrected chi connectivity index (χ0v) is 16.6. The van der Waals surface area contributed by atoms with Gasteiger partial charge >= 0.3 is 0 Å². The molecule has 28 heavy (non-hydrogen) atoms. The molecule has 2 aromatic carbocycles. The topological polar surface area (TPSA) is 46.0 Å². The van der Waals surface area contributed by atoms with Gasteiger partial charge in [-0.05, 0) is 31.5 Å². The Bertz CT molecular complexity index is 859. The Balaban J connectivity index is 1.49. The van der Waals surface area contributed by atoms with E-state index < -0.39 is 0 Å². The van der Waals surface area contributed by atoms with E-state index >= 15 is 0 Å². The Hall–Kier alpha value is -2.50. The summed E-state index contributed by atoms with van der Waals surface area (Å²) in [5, 5.41) is 13.3. The van der Waals surface area contributed by atoms with Gasteiger partial charge in [0.1, 0.15) is 11.4 Å². The predicted octanol–water partition coefficient (Wildman–Crippen LogP) is 3.57. The fraction of sp³-hybridized carbons (Fsp3) is 0.391. The molecule has 3 aromatic rings. The first-order valence-electron chi connectivity index (χ1n) is 10.3. The zero-order chi connectivity index (χ0) is 19.2. The van der Waals surface area contributed by atoms with Crippen molar-refractivity contribution in [3.05, 3.63) is 71.9 Å². The molecule has 5 heteroatoms. The minimum atomic E-state index is 0.643. The lowest BCUT2D eigenvalue weighted by Crippen LogP contribution is -2.37. The largest absolute Gasteiger partial charge is 0.309 e. The number of rotatable bonds is 8. The van der Waals surface area contributed by atoms with Crippen LogP contribution >= 0.6 is 0 Å². The third kappa shape index (κ3) is 4.49. The Morgan fingerprint density at radius 2 is 1.75 bits per heavy atom. The molecule has 1 atom stereocenters. The molecular formula is C23H29N5. The van der Waals surface area contributed by atoms with E-state index in [4.69, 9.17) is 10.2 Å². The molecule has 0 amide bonds. The van der Waals surface area contributed by atoms with Gasteiger partial charge in [0.2, 0.25) is 0 Å². The van der Waals surface area contributed by atoms with Gasteiger partial charge in [-0.3, -0.25) is 4.90 Å². The van der Waals surface area contributed by atoms with Crippen LogP contribution in [0.2, 0.25) is 0 Å². The van der Waals surface area contributed by atoms with E-state index in [0.717, 1.165) is 36.6 Å². The van der Waals surface area contributed by atoms with Crippen molar-refractivity contribution in [1.82, 2.24) is 25.2 Å². The molecule has 1 saturated heterocycles. The summed E-state index contributed by atoms with van der Waals surface area (Å²) in [5.74, 6) is 0. The average Bonchev–Trinajstić information content (AvgIpc) is 3.36. The van der Waals surface area contributed by atoms with Crippen molar-refractivity contribution >= 4 is 0 Å². The molecule has 1 aliphatic heterocycles. The van der Waals surface area contributed by atoms with Gasteiger partial charge in [0.05, 0.1) is 6.54 Å². The molecule has 1 aromatic heterocycles. The van der Waals surface area contributed by atoms with Crippen LogP contribution in [-0.2, 0) is 13.1 Å². The summed E-state index contributed by atoms with van der Waals surface area (Å²) in [6.07, 6.45) is 2.59. The molecule has 1 aliphatic rings. The highest BCUT2D eigenvalue weighted by atomic mass is 15.5. The Labute approximate surface area is 167 Å². The number of nitrogens with one attached hydrogen (secondary N) is 1. The van der Waals surface area contributed by atoms with Crippen LogP contribution in [0, 0.1) is 0 Å². The maximum atomic E-state index is 4.81. The first kappa shape index (κ1) is 18.8. The third-order valence-corrected chi connectivity index (χ3v) is 5.52. The minimum absolute atomic E-state index is 0.643. The molecule has 0 unspecified atom stereocenters. The summed E-state index contributed by atoms with van der Waals surface area (Å²) < 4.78 is 0. The Morgan fingerprint density at radius 1 is 1.00 bits per heavy atom. The van der Waals surface area contributed by atoms with Gasteiger partial charge in [-0.2, -0.15) is 15.0 Å².